The van der Waals surface area contributed by atoms with E-state index in [4.69, 9.17) is 0 Å². The van der Waals surface area contributed by atoms with E-state index in [0.29, 0.717) is 5.92 Å². The first kappa shape index (κ1) is 13.3. The van der Waals surface area contributed by atoms with E-state index in [9.17, 15) is 9.59 Å². The van der Waals surface area contributed by atoms with Gasteiger partial charge in [-0.25, -0.2) is 0 Å². The normalized spacial score (nSPS) is 19.9. The largest absolute Gasteiger partial charge is 0.364 e. The Labute approximate surface area is 115 Å². The maximum absolute atomic E-state index is 12.3. The Morgan fingerprint density at radius 3 is 3.06 bits per heavy atom. The Morgan fingerprint density at radius 1 is 1.61 bits per heavy atom. The van der Waals surface area contributed by atoms with Crippen molar-refractivity contribution in [1.29, 1.82) is 0 Å². The summed E-state index contributed by atoms with van der Waals surface area (Å²) < 4.78 is 0. The quantitative estimate of drug-likeness (QED) is 0.848. The van der Waals surface area contributed by atoms with Gasteiger partial charge in [0.05, 0.1) is 0 Å². The van der Waals surface area contributed by atoms with Gasteiger partial charge in [0, 0.05) is 36.4 Å². The first-order valence-corrected chi connectivity index (χ1v) is 7.28. The number of piperidine rings is 1. The highest BCUT2D eigenvalue weighted by atomic mass is 79.9. The van der Waals surface area contributed by atoms with Crippen LogP contribution in [0.25, 0.3) is 0 Å². The van der Waals surface area contributed by atoms with E-state index in [1.165, 1.54) is 12.3 Å². The minimum absolute atomic E-state index is 0.151. The number of aromatic nitrogens is 1. The number of aromatic amines is 1. The number of nitrogens with one attached hydrogen (secondary N) is 1. The predicted molar refractivity (Wildman–Crippen MR) is 74.2 cm³/mol. The van der Waals surface area contributed by atoms with Crippen molar-refractivity contribution in [2.75, 3.05) is 18.4 Å². The number of pyridine rings is 1. The monoisotopic (exact) mass is 312 g/mol. The summed E-state index contributed by atoms with van der Waals surface area (Å²) in [5.41, 5.74) is 0.821. The number of H-pyrrole nitrogens is 1. The van der Waals surface area contributed by atoms with Gasteiger partial charge in [0.15, 0.2) is 5.43 Å². The Morgan fingerprint density at radius 2 is 2.39 bits per heavy atom. The van der Waals surface area contributed by atoms with Crippen molar-refractivity contribution >= 4 is 21.8 Å². The molecular weight excluding hydrogens is 296 g/mol. The van der Waals surface area contributed by atoms with Gasteiger partial charge in [-0.05, 0) is 25.7 Å². The van der Waals surface area contributed by atoms with Gasteiger partial charge in [-0.15, -0.1) is 0 Å². The van der Waals surface area contributed by atoms with E-state index < -0.39 is 0 Å². The van der Waals surface area contributed by atoms with E-state index in [0.717, 1.165) is 37.0 Å². The van der Waals surface area contributed by atoms with Crippen LogP contribution in [0.1, 0.15) is 28.9 Å². The molecule has 1 unspecified atom stereocenters. The van der Waals surface area contributed by atoms with Crippen molar-refractivity contribution in [2.45, 2.75) is 19.8 Å². The van der Waals surface area contributed by atoms with Crippen LogP contribution >= 0.6 is 15.9 Å². The van der Waals surface area contributed by atoms with Crippen LogP contribution in [0.5, 0.6) is 0 Å². The summed E-state index contributed by atoms with van der Waals surface area (Å²) in [7, 11) is 0. The van der Waals surface area contributed by atoms with Crippen LogP contribution in [-0.2, 0) is 0 Å². The first-order chi connectivity index (χ1) is 8.61. The molecule has 0 bridgehead atoms. The van der Waals surface area contributed by atoms with Gasteiger partial charge in [0.1, 0.15) is 5.56 Å². The van der Waals surface area contributed by atoms with Crippen LogP contribution in [0.4, 0.5) is 0 Å². The number of aryl methyl sites for hydroxylation is 1. The maximum Gasteiger partial charge on any atom is 0.259 e. The molecule has 5 heteroatoms. The van der Waals surface area contributed by atoms with Crippen molar-refractivity contribution in [2.24, 2.45) is 5.92 Å². The lowest BCUT2D eigenvalue weighted by Crippen LogP contribution is -2.42. The molecule has 98 valence electrons. The fraction of sp³-hybridized carbons (Fsp3) is 0.538. The average Bonchev–Trinajstić information content (AvgIpc) is 2.38. The molecule has 1 aliphatic rings. The third-order valence-corrected chi connectivity index (χ3v) is 4.23. The standard InChI is InChI=1S/C13H17BrN2O2/c1-9-5-12(17)11(7-15-9)13(18)16-4-2-3-10(6-14)8-16/h5,7,10H,2-4,6,8H2,1H3,(H,15,17). The number of likely N-dealkylation sites (tertiary alicyclic amines) is 1. The molecule has 2 rings (SSSR count). The smallest absolute Gasteiger partial charge is 0.259 e. The number of carbonyl (C=O) groups excluding carboxylic acids is 1. The number of amides is 1. The lowest BCUT2D eigenvalue weighted by atomic mass is 9.99. The van der Waals surface area contributed by atoms with Crippen LogP contribution in [0.2, 0.25) is 0 Å². The Kier molecular flexibility index (Phi) is 4.22. The molecule has 1 atom stereocenters. The van der Waals surface area contributed by atoms with Crippen LogP contribution in [-0.4, -0.2) is 34.2 Å². The fourth-order valence-electron chi connectivity index (χ4n) is 2.29. The van der Waals surface area contributed by atoms with Crippen molar-refractivity contribution in [3.63, 3.8) is 0 Å². The number of carbonyl (C=O) groups is 1. The SMILES string of the molecule is Cc1cc(=O)c(C(=O)N2CCCC(CBr)C2)c[nH]1. The average molecular weight is 313 g/mol. The minimum atomic E-state index is -0.197. The maximum atomic E-state index is 12.3. The lowest BCUT2D eigenvalue weighted by molar-refractivity contribution is 0.0684. The minimum Gasteiger partial charge on any atom is -0.364 e. The van der Waals surface area contributed by atoms with Crippen LogP contribution in [0.3, 0.4) is 0 Å². The van der Waals surface area contributed by atoms with Gasteiger partial charge in [0.25, 0.3) is 5.91 Å². The second-order valence-electron chi connectivity index (χ2n) is 4.81. The molecule has 1 aromatic rings. The molecule has 0 spiro atoms. The molecule has 1 N–H and O–H groups in total. The topological polar surface area (TPSA) is 53.2 Å². The Bertz CT molecular complexity index is 498. The van der Waals surface area contributed by atoms with Gasteiger partial charge >= 0.3 is 0 Å². The van der Waals surface area contributed by atoms with Crippen LogP contribution < -0.4 is 5.43 Å². The summed E-state index contributed by atoms with van der Waals surface area (Å²) in [5.74, 6) is 0.342. The summed E-state index contributed by atoms with van der Waals surface area (Å²) >= 11 is 3.46. The number of halogens is 1. The number of hydrogen-bond donors (Lipinski definition) is 1. The molecule has 2 heterocycles. The molecule has 0 saturated carbocycles. The van der Waals surface area contributed by atoms with Gasteiger partial charge in [-0.3, -0.25) is 9.59 Å². The van der Waals surface area contributed by atoms with E-state index in [1.54, 1.807) is 11.8 Å². The van der Waals surface area contributed by atoms with E-state index in [2.05, 4.69) is 20.9 Å². The molecule has 1 fully saturated rings. The van der Waals surface area contributed by atoms with Gasteiger partial charge in [-0.1, -0.05) is 15.9 Å². The second-order valence-corrected chi connectivity index (χ2v) is 5.46. The molecule has 4 nitrogen and oxygen atoms in total. The zero-order valence-corrected chi connectivity index (χ0v) is 12.0. The van der Waals surface area contributed by atoms with Gasteiger partial charge in [-0.2, -0.15) is 0 Å². The highest BCUT2D eigenvalue weighted by Gasteiger charge is 2.25. The fourth-order valence-corrected chi connectivity index (χ4v) is 2.81. The lowest BCUT2D eigenvalue weighted by Gasteiger charge is -2.31. The highest BCUT2D eigenvalue weighted by Crippen LogP contribution is 2.19. The highest BCUT2D eigenvalue weighted by molar-refractivity contribution is 9.09. The molecule has 0 aromatic carbocycles. The summed E-state index contributed by atoms with van der Waals surface area (Å²) in [6, 6.07) is 1.47. The van der Waals surface area contributed by atoms with E-state index in [1.807, 2.05) is 0 Å². The second kappa shape index (κ2) is 5.69. The van der Waals surface area contributed by atoms with E-state index in [-0.39, 0.29) is 16.9 Å². The Hall–Kier alpha value is -1.10. The molecule has 1 amide bonds. The van der Waals surface area contributed by atoms with Crippen molar-refractivity contribution in [3.8, 4) is 0 Å². The summed E-state index contributed by atoms with van der Waals surface area (Å²) in [5, 5.41) is 0.904. The van der Waals surface area contributed by atoms with Crippen molar-refractivity contribution < 1.29 is 4.79 Å². The van der Waals surface area contributed by atoms with Gasteiger partial charge < -0.3 is 9.88 Å². The van der Waals surface area contributed by atoms with E-state index >= 15 is 0 Å². The van der Waals surface area contributed by atoms with Gasteiger partial charge in [0.2, 0.25) is 0 Å². The number of nitrogens with zero attached hydrogens (tertiary/aromatic N) is 1. The zero-order valence-electron chi connectivity index (χ0n) is 10.4. The summed E-state index contributed by atoms with van der Waals surface area (Å²) in [6.07, 6.45) is 3.67. The third-order valence-electron chi connectivity index (χ3n) is 3.31. The first-order valence-electron chi connectivity index (χ1n) is 6.16. The molecule has 0 radical (unpaired) electrons. The molecule has 1 saturated heterocycles. The summed E-state index contributed by atoms with van der Waals surface area (Å²) in [6.45, 7) is 3.28. The van der Waals surface area contributed by atoms with Crippen LogP contribution in [0.15, 0.2) is 17.1 Å². The molecule has 18 heavy (non-hydrogen) atoms. The van der Waals surface area contributed by atoms with Crippen LogP contribution in [0, 0.1) is 12.8 Å². The molecule has 1 aliphatic heterocycles. The number of alkyl halides is 1. The molecule has 1 aromatic heterocycles. The molecular formula is C13H17BrN2O2. The van der Waals surface area contributed by atoms with Crippen molar-refractivity contribution in [1.82, 2.24) is 9.88 Å². The molecule has 0 aliphatic carbocycles. The van der Waals surface area contributed by atoms with Crippen molar-refractivity contribution in [3.05, 3.63) is 33.7 Å². The summed E-state index contributed by atoms with van der Waals surface area (Å²) in [4.78, 5) is 28.8. The zero-order chi connectivity index (χ0) is 13.1. The number of rotatable bonds is 2. The number of hydrogen-bond acceptors (Lipinski definition) is 2. The predicted octanol–water partition coefficient (Wildman–Crippen LogP) is 1.93. The Balaban J connectivity index is 2.18. The third kappa shape index (κ3) is 2.83.